The lowest BCUT2D eigenvalue weighted by atomic mass is 9.83. The second-order valence-corrected chi connectivity index (χ2v) is 12.7. The highest BCUT2D eigenvalue weighted by molar-refractivity contribution is 5.87. The Morgan fingerprint density at radius 1 is 1.02 bits per heavy atom. The highest BCUT2D eigenvalue weighted by atomic mass is 16.5. The molecule has 2 unspecified atom stereocenters. The third kappa shape index (κ3) is 10.5. The van der Waals surface area contributed by atoms with E-state index in [4.69, 9.17) is 18.7 Å². The molecule has 284 valence electrons. The van der Waals surface area contributed by atoms with Crippen molar-refractivity contribution in [3.63, 3.8) is 0 Å². The standard InChI is InChI=1S/C40H44N4O6.2CH2O/c1-44(27-32-25-42-39(50-32)40(48,29-9-4-2-5-10-29)30-11-6-3-7-12-30)23-8-24-49-31-15-13-28(14-16-31)21-22-41-26-36(46)33-17-19-35(45)38-34(33)18-20-37(47)43-38;2*1-2/h2,4-6,9-20,25,36,41,45-46,48H,3,7-8,21-24,26-27H2,1H3,(H,43,47);2*1H2. The van der Waals surface area contributed by atoms with Crippen LogP contribution in [0.15, 0.2) is 118 Å². The number of H-pyrrole nitrogens is 1. The van der Waals surface area contributed by atoms with Gasteiger partial charge in [-0.15, -0.1) is 0 Å². The van der Waals surface area contributed by atoms with Crippen LogP contribution in [0.2, 0.25) is 0 Å². The summed E-state index contributed by atoms with van der Waals surface area (Å²) < 4.78 is 12.1. The summed E-state index contributed by atoms with van der Waals surface area (Å²) in [4.78, 5) is 37.0. The van der Waals surface area contributed by atoms with E-state index in [0.717, 1.165) is 54.7 Å². The molecule has 0 bridgehead atoms. The summed E-state index contributed by atoms with van der Waals surface area (Å²) in [7, 11) is 2.02. The lowest BCUT2D eigenvalue weighted by molar-refractivity contribution is -0.0987. The van der Waals surface area contributed by atoms with Gasteiger partial charge in [-0.1, -0.05) is 66.8 Å². The molecule has 1 aliphatic rings. The van der Waals surface area contributed by atoms with Crippen molar-refractivity contribution >= 4 is 24.5 Å². The van der Waals surface area contributed by atoms with E-state index in [1.54, 1.807) is 18.3 Å². The number of aliphatic hydroxyl groups is 2. The predicted octanol–water partition coefficient (Wildman–Crippen LogP) is 5.13. The fraction of sp³-hybridized carbons (Fsp3) is 0.286. The number of pyridine rings is 1. The maximum Gasteiger partial charge on any atom is 0.248 e. The largest absolute Gasteiger partial charge is 0.506 e. The number of rotatable bonds is 16. The molecular weight excluding hydrogens is 688 g/mol. The molecular formula is C42H48N4O8. The maximum atomic E-state index is 11.9. The minimum Gasteiger partial charge on any atom is -0.506 e. The van der Waals surface area contributed by atoms with Crippen LogP contribution in [-0.4, -0.2) is 77.1 Å². The molecule has 5 N–H and O–H groups in total. The molecule has 0 amide bonds. The van der Waals surface area contributed by atoms with Gasteiger partial charge >= 0.3 is 0 Å². The molecule has 2 atom stereocenters. The molecule has 2 heterocycles. The van der Waals surface area contributed by atoms with Gasteiger partial charge in [0.05, 0.1) is 31.0 Å². The Hall–Kier alpha value is -5.66. The summed E-state index contributed by atoms with van der Waals surface area (Å²) >= 11 is 0. The molecule has 0 aliphatic heterocycles. The number of carbonyl (C=O) groups excluding carboxylic acids is 2. The average molecular weight is 737 g/mol. The second-order valence-electron chi connectivity index (χ2n) is 12.7. The van der Waals surface area contributed by atoms with Crippen molar-refractivity contribution < 1.29 is 34.1 Å². The number of fused-ring (bicyclic) bond motifs is 1. The third-order valence-electron chi connectivity index (χ3n) is 8.96. The Kier molecular flexibility index (Phi) is 15.6. The van der Waals surface area contributed by atoms with Crippen LogP contribution in [0.25, 0.3) is 10.9 Å². The number of hydrogen-bond donors (Lipinski definition) is 5. The summed E-state index contributed by atoms with van der Waals surface area (Å²) in [5.41, 5.74) is 1.84. The lowest BCUT2D eigenvalue weighted by Crippen LogP contribution is -2.30. The zero-order chi connectivity index (χ0) is 38.9. The Bertz CT molecular complexity index is 2020. The number of allylic oxidation sites excluding steroid dienone is 2. The summed E-state index contributed by atoms with van der Waals surface area (Å²) in [6.07, 6.45) is 10.4. The maximum absolute atomic E-state index is 11.9. The van der Waals surface area contributed by atoms with E-state index in [1.807, 2.05) is 81.3 Å². The number of phenolic OH excluding ortho intramolecular Hbond substituents is 1. The van der Waals surface area contributed by atoms with Crippen molar-refractivity contribution in [2.75, 3.05) is 33.3 Å². The smallest absolute Gasteiger partial charge is 0.248 e. The molecule has 12 heteroatoms. The van der Waals surface area contributed by atoms with Crippen molar-refractivity contribution in [2.24, 2.45) is 0 Å². The van der Waals surface area contributed by atoms with Gasteiger partial charge in [0.25, 0.3) is 0 Å². The van der Waals surface area contributed by atoms with Gasteiger partial charge in [-0.3, -0.25) is 9.69 Å². The first kappa shape index (κ1) is 41.1. The Morgan fingerprint density at radius 3 is 2.50 bits per heavy atom. The molecule has 0 saturated carbocycles. The van der Waals surface area contributed by atoms with Crippen molar-refractivity contribution in [3.05, 3.63) is 148 Å². The average Bonchev–Trinajstić information content (AvgIpc) is 3.69. The molecule has 0 fully saturated rings. The van der Waals surface area contributed by atoms with Crippen LogP contribution >= 0.6 is 0 Å². The molecule has 3 aromatic carbocycles. The predicted molar refractivity (Wildman–Crippen MR) is 207 cm³/mol. The number of ether oxygens (including phenoxy) is 1. The number of phenols is 1. The summed E-state index contributed by atoms with van der Waals surface area (Å²) in [5.74, 6) is 1.73. The number of aromatic hydroxyl groups is 1. The van der Waals surface area contributed by atoms with Gasteiger partial charge in [0, 0.05) is 24.5 Å². The highest BCUT2D eigenvalue weighted by Gasteiger charge is 2.40. The number of hydrogen-bond acceptors (Lipinski definition) is 11. The third-order valence-corrected chi connectivity index (χ3v) is 8.96. The van der Waals surface area contributed by atoms with Crippen LogP contribution < -0.4 is 15.6 Å². The second kappa shape index (κ2) is 20.5. The molecule has 12 nitrogen and oxygen atoms in total. The van der Waals surface area contributed by atoms with Gasteiger partial charge in [-0.25, -0.2) is 4.98 Å². The number of nitrogens with zero attached hydrogens (tertiary/aromatic N) is 2. The van der Waals surface area contributed by atoms with Gasteiger partial charge in [0.1, 0.15) is 30.8 Å². The highest BCUT2D eigenvalue weighted by Crippen LogP contribution is 2.38. The minimum absolute atomic E-state index is 0.0289. The van der Waals surface area contributed by atoms with Gasteiger partial charge in [0.2, 0.25) is 11.4 Å². The monoisotopic (exact) mass is 736 g/mol. The molecule has 54 heavy (non-hydrogen) atoms. The number of aromatic nitrogens is 2. The van der Waals surface area contributed by atoms with Crippen LogP contribution in [0.4, 0.5) is 0 Å². The van der Waals surface area contributed by atoms with Crippen molar-refractivity contribution in [3.8, 4) is 11.5 Å². The molecule has 2 aromatic heterocycles. The number of oxazole rings is 1. The van der Waals surface area contributed by atoms with Crippen LogP contribution in [0, 0.1) is 0 Å². The number of aliphatic hydroxyl groups excluding tert-OH is 1. The summed E-state index contributed by atoms with van der Waals surface area (Å²) in [6, 6.07) is 23.7. The summed E-state index contributed by atoms with van der Waals surface area (Å²) in [5, 5.41) is 36.7. The molecule has 0 saturated heterocycles. The Labute approximate surface area is 314 Å². The number of nitrogens with one attached hydrogen (secondary N) is 2. The molecule has 0 spiro atoms. The van der Waals surface area contributed by atoms with Gasteiger partial charge in [-0.05, 0) is 85.8 Å². The minimum atomic E-state index is -1.45. The first-order valence-corrected chi connectivity index (χ1v) is 17.6. The topological polar surface area (TPSA) is 178 Å². The van der Waals surface area contributed by atoms with E-state index >= 15 is 0 Å². The van der Waals surface area contributed by atoms with Crippen LogP contribution in [0.3, 0.4) is 0 Å². The number of carbonyl (C=O) groups is 2. The zero-order valence-electron chi connectivity index (χ0n) is 30.4. The normalized spacial score (nSPS) is 13.9. The zero-order valence-corrected chi connectivity index (χ0v) is 30.4. The van der Waals surface area contributed by atoms with Gasteiger partial charge < -0.3 is 44.4 Å². The van der Waals surface area contributed by atoms with Gasteiger partial charge in [-0.2, -0.15) is 0 Å². The Balaban J connectivity index is 0.00000157. The van der Waals surface area contributed by atoms with Crippen LogP contribution in [0.5, 0.6) is 11.5 Å². The number of benzene rings is 3. The SMILES string of the molecule is C=O.C=O.CN(CCCOc1ccc(CCNCC(O)c2ccc(O)c3[nH]c(=O)ccc23)cc1)Cc1cnc(C(O)(C2=CCCC=C2)c2ccccc2)o1. The molecule has 5 aromatic rings. The van der Waals surface area contributed by atoms with Crippen molar-refractivity contribution in [1.82, 2.24) is 20.2 Å². The van der Waals surface area contributed by atoms with Crippen LogP contribution in [-0.2, 0) is 28.2 Å². The molecule has 1 aliphatic carbocycles. The van der Waals surface area contributed by atoms with E-state index in [-0.39, 0.29) is 17.2 Å². The summed E-state index contributed by atoms with van der Waals surface area (Å²) in [6.45, 7) is 6.92. The van der Waals surface area contributed by atoms with Crippen molar-refractivity contribution in [2.45, 2.75) is 43.9 Å². The fourth-order valence-corrected chi connectivity index (χ4v) is 6.28. The van der Waals surface area contributed by atoms with E-state index in [9.17, 15) is 20.1 Å². The lowest BCUT2D eigenvalue weighted by Gasteiger charge is -2.28. The van der Waals surface area contributed by atoms with Crippen LogP contribution in [0.1, 0.15) is 53.7 Å². The van der Waals surface area contributed by atoms with E-state index in [1.165, 1.54) is 12.1 Å². The van der Waals surface area contributed by atoms with E-state index in [2.05, 4.69) is 32.3 Å². The number of aromatic amines is 1. The fourth-order valence-electron chi connectivity index (χ4n) is 6.28. The van der Waals surface area contributed by atoms with E-state index in [0.29, 0.717) is 48.5 Å². The molecule has 0 radical (unpaired) electrons. The first-order valence-electron chi connectivity index (χ1n) is 17.6. The van der Waals surface area contributed by atoms with Gasteiger partial charge in [0.15, 0.2) is 5.60 Å². The molecule has 6 rings (SSSR count). The van der Waals surface area contributed by atoms with Crippen molar-refractivity contribution in [1.29, 1.82) is 0 Å². The quantitative estimate of drug-likeness (QED) is 0.0849. The van der Waals surface area contributed by atoms with E-state index < -0.39 is 11.7 Å². The Morgan fingerprint density at radius 2 is 1.78 bits per heavy atom. The first-order chi connectivity index (χ1) is 26.3.